The lowest BCUT2D eigenvalue weighted by Crippen LogP contribution is -2.07. The van der Waals surface area contributed by atoms with Crippen molar-refractivity contribution in [2.75, 3.05) is 3.11 Å². The lowest BCUT2D eigenvalue weighted by Gasteiger charge is -2.24. The smallest absolute Gasteiger partial charge is 0.0640 e. The fraction of sp³-hybridized carbons (Fsp3) is 0.154. The standard InChI is InChI=1S/C24H20IN.C2H6/c1-18-12-13-22(20-10-6-3-7-11-20)17-26(25)24-15-14-21(16-23(18)24)19-8-4-2-5-9-19;1-2/h2-11,14-17H,1,12-13H2;1-2H3. The summed E-state index contributed by atoms with van der Waals surface area (Å²) in [5, 5.41) is 0. The molecule has 0 saturated heterocycles. The van der Waals surface area contributed by atoms with Gasteiger partial charge in [-0.3, -0.25) is 3.11 Å². The third kappa shape index (κ3) is 4.56. The summed E-state index contributed by atoms with van der Waals surface area (Å²) in [6.07, 6.45) is 4.22. The highest BCUT2D eigenvalue weighted by molar-refractivity contribution is 14.1. The zero-order chi connectivity index (χ0) is 19.9. The first-order valence-corrected chi connectivity index (χ1v) is 10.8. The topological polar surface area (TPSA) is 3.24 Å². The summed E-state index contributed by atoms with van der Waals surface area (Å²) >= 11 is 2.38. The average Bonchev–Trinajstić information content (AvgIpc) is 2.77. The molecule has 0 aromatic heterocycles. The highest BCUT2D eigenvalue weighted by atomic mass is 127. The van der Waals surface area contributed by atoms with Crippen molar-refractivity contribution < 1.29 is 0 Å². The molecule has 0 saturated carbocycles. The molecule has 28 heavy (non-hydrogen) atoms. The van der Waals surface area contributed by atoms with Crippen LogP contribution in [-0.2, 0) is 0 Å². The first kappa shape index (κ1) is 20.4. The Morgan fingerprint density at radius 3 is 2.00 bits per heavy atom. The van der Waals surface area contributed by atoms with Gasteiger partial charge in [-0.25, -0.2) is 0 Å². The quantitative estimate of drug-likeness (QED) is 0.264. The minimum atomic E-state index is 0.969. The molecule has 0 radical (unpaired) electrons. The van der Waals surface area contributed by atoms with Crippen molar-refractivity contribution in [1.82, 2.24) is 0 Å². The van der Waals surface area contributed by atoms with Crippen LogP contribution in [0.3, 0.4) is 0 Å². The molecule has 0 atom stereocenters. The van der Waals surface area contributed by atoms with Crippen LogP contribution in [0.15, 0.2) is 91.6 Å². The number of allylic oxidation sites excluding steroid dienone is 2. The van der Waals surface area contributed by atoms with Crippen LogP contribution in [0.1, 0.15) is 37.8 Å². The minimum absolute atomic E-state index is 0.969. The Bertz CT molecular complexity index is 958. The number of hydrogen-bond donors (Lipinski definition) is 0. The van der Waals surface area contributed by atoms with Gasteiger partial charge in [0.1, 0.15) is 0 Å². The molecule has 0 unspecified atom stereocenters. The summed E-state index contributed by atoms with van der Waals surface area (Å²) < 4.78 is 2.20. The van der Waals surface area contributed by atoms with Crippen LogP contribution >= 0.6 is 22.9 Å². The zero-order valence-electron chi connectivity index (χ0n) is 16.5. The summed E-state index contributed by atoms with van der Waals surface area (Å²) in [7, 11) is 0. The van der Waals surface area contributed by atoms with E-state index in [1.165, 1.54) is 39.1 Å². The molecule has 1 nitrogen and oxygen atoms in total. The van der Waals surface area contributed by atoms with Gasteiger partial charge in [0, 0.05) is 11.8 Å². The highest BCUT2D eigenvalue weighted by Gasteiger charge is 2.17. The molecule has 3 aromatic carbocycles. The molecule has 0 spiro atoms. The number of fused-ring (bicyclic) bond motifs is 1. The molecule has 1 aliphatic heterocycles. The number of rotatable bonds is 2. The molecular weight excluding hydrogens is 453 g/mol. The third-order valence-corrected chi connectivity index (χ3v) is 5.62. The van der Waals surface area contributed by atoms with Crippen LogP contribution in [0.5, 0.6) is 0 Å². The van der Waals surface area contributed by atoms with Gasteiger partial charge >= 0.3 is 0 Å². The Morgan fingerprint density at radius 1 is 0.750 bits per heavy atom. The van der Waals surface area contributed by atoms with E-state index in [0.717, 1.165) is 12.8 Å². The van der Waals surface area contributed by atoms with Gasteiger partial charge in [0.05, 0.1) is 28.6 Å². The zero-order valence-corrected chi connectivity index (χ0v) is 18.7. The lowest BCUT2D eigenvalue weighted by atomic mass is 9.92. The maximum absolute atomic E-state index is 4.40. The Balaban J connectivity index is 0.00000109. The first-order chi connectivity index (χ1) is 13.7. The minimum Gasteiger partial charge on any atom is -0.289 e. The van der Waals surface area contributed by atoms with Gasteiger partial charge in [0.25, 0.3) is 0 Å². The second kappa shape index (κ2) is 9.74. The molecule has 4 rings (SSSR count). The second-order valence-corrected chi connectivity index (χ2v) is 7.57. The van der Waals surface area contributed by atoms with E-state index in [0.29, 0.717) is 0 Å². The third-order valence-electron chi connectivity index (χ3n) is 4.82. The van der Waals surface area contributed by atoms with Gasteiger partial charge in [0.15, 0.2) is 0 Å². The molecule has 1 aliphatic rings. The fourth-order valence-electron chi connectivity index (χ4n) is 3.38. The molecular formula is C26H26IN. The van der Waals surface area contributed by atoms with Crippen molar-refractivity contribution in [1.29, 1.82) is 0 Å². The molecule has 3 aromatic rings. The van der Waals surface area contributed by atoms with E-state index in [-0.39, 0.29) is 0 Å². The molecule has 2 heteroatoms. The normalized spacial score (nSPS) is 13.5. The molecule has 0 N–H and O–H groups in total. The number of benzene rings is 3. The summed E-state index contributed by atoms with van der Waals surface area (Å²) in [5.41, 5.74) is 8.74. The summed E-state index contributed by atoms with van der Waals surface area (Å²) in [4.78, 5) is 0. The largest absolute Gasteiger partial charge is 0.289 e. The van der Waals surface area contributed by atoms with Crippen LogP contribution in [0.25, 0.3) is 22.3 Å². The number of hydrogen-bond acceptors (Lipinski definition) is 1. The van der Waals surface area contributed by atoms with Crippen LogP contribution in [0, 0.1) is 0 Å². The molecule has 0 fully saturated rings. The Hall–Kier alpha value is -2.33. The van der Waals surface area contributed by atoms with Gasteiger partial charge in [-0.1, -0.05) is 87.2 Å². The summed E-state index contributed by atoms with van der Waals surface area (Å²) in [5.74, 6) is 0. The summed E-state index contributed by atoms with van der Waals surface area (Å²) in [6, 6.07) is 27.8. The Morgan fingerprint density at radius 2 is 1.36 bits per heavy atom. The van der Waals surface area contributed by atoms with Gasteiger partial charge in [0.2, 0.25) is 0 Å². The second-order valence-electron chi connectivity index (χ2n) is 6.53. The van der Waals surface area contributed by atoms with Crippen molar-refractivity contribution in [2.45, 2.75) is 26.7 Å². The molecule has 0 bridgehead atoms. The van der Waals surface area contributed by atoms with Crippen molar-refractivity contribution in [3.63, 3.8) is 0 Å². The number of nitrogens with zero attached hydrogens (tertiary/aromatic N) is 1. The van der Waals surface area contributed by atoms with E-state index in [1.54, 1.807) is 0 Å². The van der Waals surface area contributed by atoms with Crippen molar-refractivity contribution in [3.8, 4) is 11.1 Å². The fourth-order valence-corrected chi connectivity index (χ4v) is 4.13. The van der Waals surface area contributed by atoms with Crippen molar-refractivity contribution in [3.05, 3.63) is 103 Å². The van der Waals surface area contributed by atoms with Crippen LogP contribution in [0.4, 0.5) is 5.69 Å². The van der Waals surface area contributed by atoms with Crippen LogP contribution in [-0.4, -0.2) is 0 Å². The molecule has 0 amide bonds. The van der Waals surface area contributed by atoms with E-state index in [1.807, 2.05) is 13.8 Å². The Kier molecular flexibility index (Phi) is 7.10. The van der Waals surface area contributed by atoms with Gasteiger partial charge in [-0.15, -0.1) is 0 Å². The van der Waals surface area contributed by atoms with Crippen LogP contribution < -0.4 is 3.11 Å². The van der Waals surface area contributed by atoms with E-state index < -0.39 is 0 Å². The first-order valence-electron chi connectivity index (χ1n) is 9.81. The predicted octanol–water partition coefficient (Wildman–Crippen LogP) is 8.38. The van der Waals surface area contributed by atoms with Gasteiger partial charge in [-0.2, -0.15) is 0 Å². The summed E-state index contributed by atoms with van der Waals surface area (Å²) in [6.45, 7) is 8.40. The number of halogens is 1. The van der Waals surface area contributed by atoms with Crippen molar-refractivity contribution in [2.24, 2.45) is 0 Å². The maximum Gasteiger partial charge on any atom is 0.0640 e. The molecule has 142 valence electrons. The van der Waals surface area contributed by atoms with Crippen molar-refractivity contribution >= 4 is 39.7 Å². The Labute approximate surface area is 182 Å². The molecule has 1 heterocycles. The van der Waals surface area contributed by atoms with E-state index in [2.05, 4.69) is 118 Å². The number of anilines is 1. The lowest BCUT2D eigenvalue weighted by molar-refractivity contribution is 1.07. The van der Waals surface area contributed by atoms with Gasteiger partial charge in [-0.05, 0) is 52.8 Å². The van der Waals surface area contributed by atoms with Gasteiger partial charge < -0.3 is 0 Å². The van der Waals surface area contributed by atoms with E-state index in [9.17, 15) is 0 Å². The highest BCUT2D eigenvalue weighted by Crippen LogP contribution is 2.39. The average molecular weight is 479 g/mol. The predicted molar refractivity (Wildman–Crippen MR) is 132 cm³/mol. The monoisotopic (exact) mass is 479 g/mol. The SMILES string of the molecule is C=C1CCC(c2ccccc2)=CN(I)c2ccc(-c3ccccc3)cc21.CC. The van der Waals surface area contributed by atoms with Crippen LogP contribution in [0.2, 0.25) is 0 Å². The maximum atomic E-state index is 4.40. The van der Waals surface area contributed by atoms with E-state index in [4.69, 9.17) is 0 Å². The van der Waals surface area contributed by atoms with E-state index >= 15 is 0 Å². The molecule has 0 aliphatic carbocycles.